The molecule has 0 radical (unpaired) electrons. The molecule has 1 heterocycles. The van der Waals surface area contributed by atoms with Crippen molar-refractivity contribution >= 4 is 56.1 Å². The zero-order chi connectivity index (χ0) is 25.4. The summed E-state index contributed by atoms with van der Waals surface area (Å²) in [5, 5.41) is 16.9. The van der Waals surface area contributed by atoms with Gasteiger partial charge >= 0.3 is 0 Å². The van der Waals surface area contributed by atoms with Crippen molar-refractivity contribution in [1.29, 1.82) is 0 Å². The third-order valence-corrected chi connectivity index (χ3v) is 5.10. The molecule has 0 spiro atoms. The average Bonchev–Trinajstić information content (AvgIpc) is 2.82. The van der Waals surface area contributed by atoms with Gasteiger partial charge in [0.1, 0.15) is 30.3 Å². The molecule has 0 bridgehead atoms. The minimum absolute atomic E-state index is 0.0216. The molecular formula is C23H21BrFN5O5. The standard InChI is InChI=1S/C23H21BrFN5O5/c1-2-20(32)29-18-10-15-17(11-19(18)35-8-6-26-21(33)5-7-31)27-12-28-22(15)30-23(34)14-4-3-13(24)9-16(14)25/h2-4,9-12,31H,1,5-8H2,(H,26,33)(H,29,32)(H,27,28,30,34). The highest BCUT2D eigenvalue weighted by molar-refractivity contribution is 9.10. The predicted octanol–water partition coefficient (Wildman–Crippen LogP) is 2.79. The molecule has 10 nitrogen and oxygen atoms in total. The van der Waals surface area contributed by atoms with E-state index in [0.717, 1.165) is 6.08 Å². The molecule has 4 N–H and O–H groups in total. The quantitative estimate of drug-likeness (QED) is 0.226. The molecule has 12 heteroatoms. The molecule has 3 rings (SSSR count). The van der Waals surface area contributed by atoms with E-state index in [2.05, 4.69) is 48.4 Å². The molecule has 0 saturated carbocycles. The van der Waals surface area contributed by atoms with Crippen LogP contribution in [0, 0.1) is 5.82 Å². The van der Waals surface area contributed by atoms with Gasteiger partial charge in [-0.25, -0.2) is 14.4 Å². The minimum Gasteiger partial charge on any atom is -0.489 e. The molecule has 0 fully saturated rings. The van der Waals surface area contributed by atoms with Gasteiger partial charge < -0.3 is 25.8 Å². The van der Waals surface area contributed by atoms with Crippen LogP contribution >= 0.6 is 15.9 Å². The van der Waals surface area contributed by atoms with Crippen LogP contribution in [-0.4, -0.2) is 52.6 Å². The fourth-order valence-corrected chi connectivity index (χ4v) is 3.31. The summed E-state index contributed by atoms with van der Waals surface area (Å²) in [5.41, 5.74) is 0.440. The number of benzene rings is 2. The molecule has 0 atom stereocenters. The number of fused-ring (bicyclic) bond motifs is 1. The van der Waals surface area contributed by atoms with Gasteiger partial charge in [-0.1, -0.05) is 22.5 Å². The molecule has 0 unspecified atom stereocenters. The van der Waals surface area contributed by atoms with Crippen LogP contribution in [0.4, 0.5) is 15.9 Å². The van der Waals surface area contributed by atoms with E-state index in [1.54, 1.807) is 0 Å². The van der Waals surface area contributed by atoms with Gasteiger partial charge in [0.15, 0.2) is 0 Å². The van der Waals surface area contributed by atoms with Crippen molar-refractivity contribution in [1.82, 2.24) is 15.3 Å². The lowest BCUT2D eigenvalue weighted by Crippen LogP contribution is -2.28. The van der Waals surface area contributed by atoms with Crippen molar-refractivity contribution in [3.8, 4) is 5.75 Å². The number of aromatic nitrogens is 2. The lowest BCUT2D eigenvalue weighted by Gasteiger charge is -2.15. The highest BCUT2D eigenvalue weighted by atomic mass is 79.9. The smallest absolute Gasteiger partial charge is 0.259 e. The second-order valence-corrected chi connectivity index (χ2v) is 7.95. The van der Waals surface area contributed by atoms with E-state index in [4.69, 9.17) is 9.84 Å². The predicted molar refractivity (Wildman–Crippen MR) is 131 cm³/mol. The number of hydrogen-bond donors (Lipinski definition) is 4. The second kappa shape index (κ2) is 12.0. The Morgan fingerprint density at radius 3 is 2.69 bits per heavy atom. The molecule has 0 saturated heterocycles. The molecule has 1 aromatic heterocycles. The normalized spacial score (nSPS) is 10.5. The Labute approximate surface area is 207 Å². The molecule has 182 valence electrons. The zero-order valence-corrected chi connectivity index (χ0v) is 19.9. The number of nitrogens with zero attached hydrogens (tertiary/aromatic N) is 2. The van der Waals surface area contributed by atoms with Crippen LogP contribution in [0.5, 0.6) is 5.75 Å². The van der Waals surface area contributed by atoms with Crippen LogP contribution in [0.15, 0.2) is 53.8 Å². The Bertz CT molecular complexity index is 1290. The largest absolute Gasteiger partial charge is 0.489 e. The van der Waals surface area contributed by atoms with Crippen molar-refractivity contribution in [3.05, 3.63) is 65.2 Å². The van der Waals surface area contributed by atoms with Gasteiger partial charge in [0, 0.05) is 22.3 Å². The van der Waals surface area contributed by atoms with Crippen LogP contribution in [0.3, 0.4) is 0 Å². The van der Waals surface area contributed by atoms with Crippen LogP contribution < -0.4 is 20.7 Å². The average molecular weight is 546 g/mol. The van der Waals surface area contributed by atoms with Crippen LogP contribution in [0.25, 0.3) is 10.9 Å². The van der Waals surface area contributed by atoms with E-state index >= 15 is 0 Å². The van der Waals surface area contributed by atoms with Gasteiger partial charge in [0.2, 0.25) is 11.8 Å². The van der Waals surface area contributed by atoms with Crippen molar-refractivity contribution in [2.75, 3.05) is 30.4 Å². The Morgan fingerprint density at radius 1 is 1.17 bits per heavy atom. The minimum atomic E-state index is -0.717. The Hall–Kier alpha value is -3.90. The fraction of sp³-hybridized carbons (Fsp3) is 0.174. The summed E-state index contributed by atoms with van der Waals surface area (Å²) >= 11 is 3.15. The summed E-state index contributed by atoms with van der Waals surface area (Å²) in [4.78, 5) is 44.4. The number of halogens is 2. The van der Waals surface area contributed by atoms with Crippen molar-refractivity contribution in [2.45, 2.75) is 6.42 Å². The van der Waals surface area contributed by atoms with Gasteiger partial charge in [-0.3, -0.25) is 14.4 Å². The topological polar surface area (TPSA) is 143 Å². The Morgan fingerprint density at radius 2 is 1.97 bits per heavy atom. The molecule has 0 aliphatic rings. The molecule has 0 aliphatic heterocycles. The third-order valence-electron chi connectivity index (χ3n) is 4.61. The number of ether oxygens (including phenoxy) is 1. The van der Waals surface area contributed by atoms with Gasteiger partial charge in [-0.2, -0.15) is 0 Å². The number of aliphatic hydroxyl groups is 1. The van der Waals surface area contributed by atoms with Crippen molar-refractivity contribution in [2.24, 2.45) is 0 Å². The first kappa shape index (κ1) is 25.7. The van der Waals surface area contributed by atoms with E-state index < -0.39 is 17.6 Å². The first-order valence-electron chi connectivity index (χ1n) is 10.3. The summed E-state index contributed by atoms with van der Waals surface area (Å²) in [6.45, 7) is 3.39. The lowest BCUT2D eigenvalue weighted by molar-refractivity contribution is -0.121. The van der Waals surface area contributed by atoms with E-state index in [0.29, 0.717) is 15.4 Å². The van der Waals surface area contributed by atoms with Gasteiger partial charge in [-0.15, -0.1) is 0 Å². The van der Waals surface area contributed by atoms with E-state index in [9.17, 15) is 18.8 Å². The SMILES string of the molecule is C=CC(=O)Nc1cc2c(NC(=O)c3ccc(Br)cc3F)ncnc2cc1OCCNC(=O)CCO. The maximum absolute atomic E-state index is 14.2. The Balaban J connectivity index is 1.88. The lowest BCUT2D eigenvalue weighted by atomic mass is 10.1. The zero-order valence-electron chi connectivity index (χ0n) is 18.3. The number of aliphatic hydroxyl groups excluding tert-OH is 1. The van der Waals surface area contributed by atoms with Crippen LogP contribution in [-0.2, 0) is 9.59 Å². The maximum atomic E-state index is 14.2. The number of carbonyl (C=O) groups excluding carboxylic acids is 3. The number of hydrogen-bond acceptors (Lipinski definition) is 7. The third kappa shape index (κ3) is 6.80. The van der Waals surface area contributed by atoms with Crippen LogP contribution in [0.2, 0.25) is 0 Å². The number of amides is 3. The summed E-state index contributed by atoms with van der Waals surface area (Å²) in [7, 11) is 0. The summed E-state index contributed by atoms with van der Waals surface area (Å²) in [6, 6.07) is 7.07. The van der Waals surface area contributed by atoms with E-state index in [1.165, 1.54) is 36.7 Å². The molecule has 2 aromatic carbocycles. The van der Waals surface area contributed by atoms with Gasteiger partial charge in [-0.05, 0) is 30.3 Å². The monoisotopic (exact) mass is 545 g/mol. The van der Waals surface area contributed by atoms with Crippen LogP contribution in [0.1, 0.15) is 16.8 Å². The molecule has 3 amide bonds. The van der Waals surface area contributed by atoms with Gasteiger partial charge in [0.05, 0.1) is 29.9 Å². The second-order valence-electron chi connectivity index (χ2n) is 7.03. The molecule has 3 aromatic rings. The van der Waals surface area contributed by atoms with E-state index in [-0.39, 0.29) is 54.9 Å². The first-order chi connectivity index (χ1) is 16.8. The van der Waals surface area contributed by atoms with Crippen molar-refractivity contribution in [3.63, 3.8) is 0 Å². The molecule has 35 heavy (non-hydrogen) atoms. The number of rotatable bonds is 10. The molecule has 0 aliphatic carbocycles. The van der Waals surface area contributed by atoms with Gasteiger partial charge in [0.25, 0.3) is 5.91 Å². The van der Waals surface area contributed by atoms with E-state index in [1.807, 2.05) is 0 Å². The summed E-state index contributed by atoms with van der Waals surface area (Å²) in [5.74, 6) is -1.92. The number of nitrogens with one attached hydrogen (secondary N) is 3. The highest BCUT2D eigenvalue weighted by Crippen LogP contribution is 2.32. The first-order valence-corrected chi connectivity index (χ1v) is 11.1. The highest BCUT2D eigenvalue weighted by Gasteiger charge is 2.17. The summed E-state index contributed by atoms with van der Waals surface area (Å²) < 4.78 is 20.4. The van der Waals surface area contributed by atoms with Crippen molar-refractivity contribution < 1.29 is 28.6 Å². The Kier molecular flexibility index (Phi) is 8.81. The summed E-state index contributed by atoms with van der Waals surface area (Å²) in [6.07, 6.45) is 2.27. The number of anilines is 2. The number of carbonyl (C=O) groups is 3. The molecular weight excluding hydrogens is 525 g/mol. The fourth-order valence-electron chi connectivity index (χ4n) is 2.97. The maximum Gasteiger partial charge on any atom is 0.259 e.